The lowest BCUT2D eigenvalue weighted by molar-refractivity contribution is -0.138. The van der Waals surface area contributed by atoms with Crippen molar-refractivity contribution in [3.8, 4) is 17.2 Å². The van der Waals surface area contributed by atoms with Gasteiger partial charge in [-0.3, -0.25) is 14.5 Å². The average Bonchev–Trinajstić information content (AvgIpc) is 3.66. The highest BCUT2D eigenvalue weighted by atomic mass is 16.5. The van der Waals surface area contributed by atoms with Crippen molar-refractivity contribution in [1.29, 1.82) is 0 Å². The molecule has 1 spiro atoms. The molecule has 2 bridgehead atoms. The van der Waals surface area contributed by atoms with Crippen LogP contribution in [0.25, 0.3) is 6.08 Å². The smallest absolute Gasteiger partial charge is 0.308 e. The van der Waals surface area contributed by atoms with Crippen LogP contribution in [-0.4, -0.2) is 64.6 Å². The molecule has 8 nitrogen and oxygen atoms in total. The first kappa shape index (κ1) is 29.7. The van der Waals surface area contributed by atoms with Gasteiger partial charge in [0.15, 0.2) is 11.5 Å². The number of hydrogen-bond donors (Lipinski definition) is 1. The molecule has 2 aliphatic carbocycles. The molecule has 3 aromatic rings. The number of carbonyl (C=O) groups is 2. The third-order valence-corrected chi connectivity index (χ3v) is 10.5. The number of esters is 1. The summed E-state index contributed by atoms with van der Waals surface area (Å²) in [5.74, 6) is 1.02. The molecule has 8 heteroatoms. The summed E-state index contributed by atoms with van der Waals surface area (Å²) >= 11 is 0. The van der Waals surface area contributed by atoms with Crippen molar-refractivity contribution in [3.63, 3.8) is 0 Å². The lowest BCUT2D eigenvalue weighted by Crippen LogP contribution is -2.69. The van der Waals surface area contributed by atoms with Crippen LogP contribution in [-0.2, 0) is 27.8 Å². The summed E-state index contributed by atoms with van der Waals surface area (Å²) in [7, 11) is 0. The van der Waals surface area contributed by atoms with Gasteiger partial charge in [0.05, 0.1) is 18.6 Å². The quantitative estimate of drug-likeness (QED) is 0.187. The molecule has 1 amide bonds. The fourth-order valence-electron chi connectivity index (χ4n) is 8.82. The first-order valence-electron chi connectivity index (χ1n) is 16.3. The van der Waals surface area contributed by atoms with Crippen molar-refractivity contribution in [1.82, 2.24) is 9.80 Å². The van der Waals surface area contributed by atoms with Gasteiger partial charge in [0.1, 0.15) is 11.9 Å². The Labute approximate surface area is 264 Å². The number of furan rings is 1. The summed E-state index contributed by atoms with van der Waals surface area (Å²) in [5.41, 5.74) is 3.73. The molecule has 1 saturated carbocycles. The van der Waals surface area contributed by atoms with Crippen LogP contribution >= 0.6 is 0 Å². The number of aromatic hydroxyl groups is 1. The number of phenolic OH excluding ortho intramolecular Hbond substituents is 1. The lowest BCUT2D eigenvalue weighted by atomic mass is 9.50. The molecule has 2 aromatic carbocycles. The van der Waals surface area contributed by atoms with E-state index in [1.165, 1.54) is 12.5 Å². The summed E-state index contributed by atoms with van der Waals surface area (Å²) in [4.78, 5) is 30.8. The monoisotopic (exact) mass is 610 g/mol. The number of amides is 1. The van der Waals surface area contributed by atoms with Crippen molar-refractivity contribution in [2.75, 3.05) is 19.6 Å². The molecule has 2 fully saturated rings. The van der Waals surface area contributed by atoms with Gasteiger partial charge >= 0.3 is 5.97 Å². The Hall–Kier alpha value is -4.04. The van der Waals surface area contributed by atoms with Crippen LogP contribution in [0.15, 0.2) is 65.5 Å². The summed E-state index contributed by atoms with van der Waals surface area (Å²) < 4.78 is 17.8. The Morgan fingerprint density at radius 2 is 2.02 bits per heavy atom. The molecule has 2 aliphatic heterocycles. The molecule has 1 aromatic heterocycles. The molecule has 1 saturated heterocycles. The lowest BCUT2D eigenvalue weighted by Gasteiger charge is -2.60. The van der Waals surface area contributed by atoms with Gasteiger partial charge < -0.3 is 23.9 Å². The van der Waals surface area contributed by atoms with E-state index in [4.69, 9.17) is 13.9 Å². The number of likely N-dealkylation sites (tertiary alicyclic amines) is 1. The number of carbonyl (C=O) groups excluding carboxylic acids is 2. The third-order valence-electron chi connectivity index (χ3n) is 10.5. The number of phenols is 1. The predicted molar refractivity (Wildman–Crippen MR) is 170 cm³/mol. The molecule has 1 N–H and O–H groups in total. The maximum absolute atomic E-state index is 13.9. The number of rotatable bonds is 9. The van der Waals surface area contributed by atoms with Crippen molar-refractivity contribution in [2.45, 2.75) is 76.5 Å². The molecule has 0 radical (unpaired) electrons. The van der Waals surface area contributed by atoms with Crippen molar-refractivity contribution >= 4 is 18.0 Å². The Balaban J connectivity index is 1.28. The fourth-order valence-corrected chi connectivity index (χ4v) is 8.82. The third kappa shape index (κ3) is 5.13. The number of nitrogens with zero attached hydrogens (tertiary/aromatic N) is 2. The fraction of sp³-hybridized carbons (Fsp3) is 0.459. The SMILES string of the molecule is CC(=O)Oc1cc(O)c2c3c1C[C@@H]1[C@@H]4CC[C@H](N(CC(C)C)C(=O)C=Cc5ccoc5)[C@@H](O2)[C@]34CCN1CCc1ccccc1. The van der Waals surface area contributed by atoms with Crippen molar-refractivity contribution < 1.29 is 28.6 Å². The molecule has 7 rings (SSSR count). The Morgan fingerprint density at radius 1 is 1.20 bits per heavy atom. The van der Waals surface area contributed by atoms with E-state index in [9.17, 15) is 14.7 Å². The summed E-state index contributed by atoms with van der Waals surface area (Å²) in [6.07, 6.45) is 10.6. The van der Waals surface area contributed by atoms with E-state index in [1.807, 2.05) is 11.0 Å². The van der Waals surface area contributed by atoms with E-state index in [0.29, 0.717) is 24.0 Å². The predicted octanol–water partition coefficient (Wildman–Crippen LogP) is 5.76. The summed E-state index contributed by atoms with van der Waals surface area (Å²) in [5, 5.41) is 11.3. The molecular formula is C37H42N2O6. The minimum atomic E-state index is -0.411. The number of ether oxygens (including phenoxy) is 2. The largest absolute Gasteiger partial charge is 0.504 e. The van der Waals surface area contributed by atoms with Gasteiger partial charge in [0.2, 0.25) is 5.91 Å². The van der Waals surface area contributed by atoms with Crippen molar-refractivity contribution in [3.05, 3.63) is 83.3 Å². The first-order valence-corrected chi connectivity index (χ1v) is 16.3. The first-order chi connectivity index (χ1) is 21.8. The van der Waals surface area contributed by atoms with E-state index >= 15 is 0 Å². The second-order valence-corrected chi connectivity index (χ2v) is 13.6. The Morgan fingerprint density at radius 3 is 2.76 bits per heavy atom. The summed E-state index contributed by atoms with van der Waals surface area (Å²) in [6, 6.07) is 14.0. The minimum absolute atomic E-state index is 0.00202. The molecule has 4 aliphatic rings. The molecule has 45 heavy (non-hydrogen) atoms. The van der Waals surface area contributed by atoms with E-state index in [0.717, 1.165) is 61.9 Å². The topological polar surface area (TPSA) is 92.5 Å². The normalized spacial score (nSPS) is 26.5. The molecule has 236 valence electrons. The van der Waals surface area contributed by atoms with E-state index in [-0.39, 0.29) is 35.8 Å². The van der Waals surface area contributed by atoms with Gasteiger partial charge in [-0.2, -0.15) is 0 Å². The zero-order valence-electron chi connectivity index (χ0n) is 26.3. The highest BCUT2D eigenvalue weighted by Crippen LogP contribution is 2.65. The molecule has 5 atom stereocenters. The number of benzene rings is 2. The van der Waals surface area contributed by atoms with Gasteiger partial charge in [0, 0.05) is 60.3 Å². The van der Waals surface area contributed by atoms with Crippen molar-refractivity contribution in [2.24, 2.45) is 11.8 Å². The zero-order valence-corrected chi connectivity index (χ0v) is 26.3. The van der Waals surface area contributed by atoms with E-state index in [2.05, 4.69) is 49.1 Å². The standard InChI is InChI=1S/C37H42N2O6/c1-23(2)21-39(33(42)12-9-26-14-18-43-22-26)29-11-10-28-30-19-27-32(44-24(3)40)20-31(41)35-34(27)37(28,36(29)45-35)15-17-38(30)16-13-25-7-5-4-6-8-25/h4-9,12,14,18,20,22-23,28-30,36,41H,10-11,13,15-17,19,21H2,1-3H3/t28-,29-,30+,36+,37-/m0/s1. The molecule has 3 heterocycles. The number of hydrogen-bond acceptors (Lipinski definition) is 7. The molecular weight excluding hydrogens is 568 g/mol. The van der Waals surface area contributed by atoms with Crippen LogP contribution in [0.4, 0.5) is 0 Å². The van der Waals surface area contributed by atoms with Gasteiger partial charge in [0.25, 0.3) is 0 Å². The van der Waals surface area contributed by atoms with Crippen LogP contribution in [0.3, 0.4) is 0 Å². The van der Waals surface area contributed by atoms with Gasteiger partial charge in [-0.1, -0.05) is 44.2 Å². The van der Waals surface area contributed by atoms with Crippen LogP contribution in [0.1, 0.15) is 62.3 Å². The molecule has 0 unspecified atom stereocenters. The Kier molecular flexibility index (Phi) is 7.72. The second-order valence-electron chi connectivity index (χ2n) is 13.6. The van der Waals surface area contributed by atoms with Crippen LogP contribution in [0.5, 0.6) is 17.2 Å². The van der Waals surface area contributed by atoms with Gasteiger partial charge in [-0.15, -0.1) is 0 Å². The van der Waals surface area contributed by atoms with E-state index < -0.39 is 11.4 Å². The second kappa shape index (κ2) is 11.7. The average molecular weight is 611 g/mol. The Bertz CT molecular complexity index is 1600. The van der Waals surface area contributed by atoms with Gasteiger partial charge in [-0.05, 0) is 68.2 Å². The highest BCUT2D eigenvalue weighted by molar-refractivity contribution is 5.92. The van der Waals surface area contributed by atoms with Crippen LogP contribution in [0, 0.1) is 11.8 Å². The van der Waals surface area contributed by atoms with Crippen LogP contribution < -0.4 is 9.47 Å². The highest BCUT2D eigenvalue weighted by Gasteiger charge is 2.67. The van der Waals surface area contributed by atoms with Gasteiger partial charge in [-0.25, -0.2) is 0 Å². The summed E-state index contributed by atoms with van der Waals surface area (Å²) in [6.45, 7) is 8.10. The van der Waals surface area contributed by atoms with E-state index in [1.54, 1.807) is 30.7 Å². The minimum Gasteiger partial charge on any atom is -0.504 e. The maximum Gasteiger partial charge on any atom is 0.308 e. The maximum atomic E-state index is 13.9. The number of piperidine rings is 1. The van der Waals surface area contributed by atoms with Crippen LogP contribution in [0.2, 0.25) is 0 Å². The zero-order chi connectivity index (χ0) is 31.3.